The summed E-state index contributed by atoms with van der Waals surface area (Å²) < 4.78 is 5.87. The van der Waals surface area contributed by atoms with Crippen molar-refractivity contribution in [2.45, 2.75) is 39.1 Å². The van der Waals surface area contributed by atoms with E-state index in [2.05, 4.69) is 30.7 Å². The van der Waals surface area contributed by atoms with E-state index in [-0.39, 0.29) is 18.3 Å². The van der Waals surface area contributed by atoms with Crippen LogP contribution in [0.1, 0.15) is 26.3 Å². The van der Waals surface area contributed by atoms with Crippen LogP contribution < -0.4 is 4.90 Å². The van der Waals surface area contributed by atoms with Gasteiger partial charge < -0.3 is 14.7 Å². The second-order valence-corrected chi connectivity index (χ2v) is 5.21. The molecule has 1 saturated heterocycles. The molecule has 1 unspecified atom stereocenters. The van der Waals surface area contributed by atoms with Gasteiger partial charge in [0.05, 0.1) is 18.3 Å². The van der Waals surface area contributed by atoms with Gasteiger partial charge in [-0.05, 0) is 26.8 Å². The van der Waals surface area contributed by atoms with Crippen molar-refractivity contribution in [3.63, 3.8) is 0 Å². The van der Waals surface area contributed by atoms with Crippen LogP contribution in [0.25, 0.3) is 0 Å². The Morgan fingerprint density at radius 2 is 2.35 bits per heavy atom. The number of aliphatic hydroxyl groups excluding tert-OH is 1. The summed E-state index contributed by atoms with van der Waals surface area (Å²) >= 11 is 0. The topological polar surface area (TPSA) is 45.6 Å². The number of hydrogen-bond donors (Lipinski definition) is 1. The zero-order valence-electron chi connectivity index (χ0n) is 10.7. The van der Waals surface area contributed by atoms with Gasteiger partial charge in [0.15, 0.2) is 0 Å². The van der Waals surface area contributed by atoms with Crippen LogP contribution in [-0.4, -0.2) is 34.9 Å². The Labute approximate surface area is 102 Å². The second kappa shape index (κ2) is 4.63. The number of aromatic nitrogens is 1. The molecular formula is C13H20N2O2. The lowest BCUT2D eigenvalue weighted by Crippen LogP contribution is -2.52. The second-order valence-electron chi connectivity index (χ2n) is 5.21. The van der Waals surface area contributed by atoms with Gasteiger partial charge in [-0.2, -0.15) is 0 Å². The van der Waals surface area contributed by atoms with E-state index in [9.17, 15) is 5.11 Å². The van der Waals surface area contributed by atoms with Crippen molar-refractivity contribution >= 4 is 5.82 Å². The van der Waals surface area contributed by atoms with Crippen LogP contribution in [0.15, 0.2) is 18.3 Å². The fraction of sp³-hybridized carbons (Fsp3) is 0.615. The van der Waals surface area contributed by atoms with Crippen molar-refractivity contribution in [2.24, 2.45) is 0 Å². The number of anilines is 1. The highest BCUT2D eigenvalue weighted by molar-refractivity contribution is 5.47. The van der Waals surface area contributed by atoms with Crippen LogP contribution in [0.5, 0.6) is 0 Å². The third-order valence-electron chi connectivity index (χ3n) is 2.91. The SMILES string of the molecule is CC1CN(c2ncccc2CO)CC(C)(C)O1. The third-order valence-corrected chi connectivity index (χ3v) is 2.91. The number of morpholine rings is 1. The largest absolute Gasteiger partial charge is 0.392 e. The molecule has 0 bridgehead atoms. The molecule has 1 fully saturated rings. The Hall–Kier alpha value is -1.13. The molecule has 1 atom stereocenters. The zero-order chi connectivity index (χ0) is 12.5. The minimum Gasteiger partial charge on any atom is -0.392 e. The fourth-order valence-electron chi connectivity index (χ4n) is 2.45. The molecule has 1 aliphatic heterocycles. The highest BCUT2D eigenvalue weighted by Crippen LogP contribution is 2.26. The maximum absolute atomic E-state index is 9.35. The van der Waals surface area contributed by atoms with Gasteiger partial charge in [-0.3, -0.25) is 0 Å². The van der Waals surface area contributed by atoms with Crippen molar-refractivity contribution in [3.05, 3.63) is 23.9 Å². The molecule has 1 aromatic heterocycles. The van der Waals surface area contributed by atoms with Crippen LogP contribution in [-0.2, 0) is 11.3 Å². The Balaban J connectivity index is 2.27. The predicted octanol–water partition coefficient (Wildman–Crippen LogP) is 1.58. The van der Waals surface area contributed by atoms with Gasteiger partial charge in [-0.1, -0.05) is 6.07 Å². The maximum atomic E-state index is 9.35. The number of nitrogens with zero attached hydrogens (tertiary/aromatic N) is 2. The lowest BCUT2D eigenvalue weighted by atomic mass is 10.0. The number of hydrogen-bond acceptors (Lipinski definition) is 4. The van der Waals surface area contributed by atoms with Crippen molar-refractivity contribution < 1.29 is 9.84 Å². The van der Waals surface area contributed by atoms with E-state index in [1.54, 1.807) is 6.20 Å². The van der Waals surface area contributed by atoms with E-state index < -0.39 is 0 Å². The molecule has 1 aromatic rings. The number of pyridine rings is 1. The Morgan fingerprint density at radius 1 is 1.59 bits per heavy atom. The number of aliphatic hydroxyl groups is 1. The fourth-order valence-corrected chi connectivity index (χ4v) is 2.45. The highest BCUT2D eigenvalue weighted by atomic mass is 16.5. The molecule has 94 valence electrons. The van der Waals surface area contributed by atoms with Gasteiger partial charge in [0.2, 0.25) is 0 Å². The summed E-state index contributed by atoms with van der Waals surface area (Å²) in [6.07, 6.45) is 1.94. The van der Waals surface area contributed by atoms with Gasteiger partial charge in [0, 0.05) is 24.8 Å². The molecule has 1 N–H and O–H groups in total. The van der Waals surface area contributed by atoms with Gasteiger partial charge in [0.25, 0.3) is 0 Å². The van der Waals surface area contributed by atoms with Crippen molar-refractivity contribution in [2.75, 3.05) is 18.0 Å². The molecule has 4 nitrogen and oxygen atoms in total. The van der Waals surface area contributed by atoms with E-state index in [0.717, 1.165) is 24.5 Å². The van der Waals surface area contributed by atoms with Gasteiger partial charge in [0.1, 0.15) is 5.82 Å². The molecule has 0 aromatic carbocycles. The van der Waals surface area contributed by atoms with E-state index in [0.29, 0.717) is 0 Å². The van der Waals surface area contributed by atoms with Crippen molar-refractivity contribution in [3.8, 4) is 0 Å². The molecular weight excluding hydrogens is 216 g/mol. The zero-order valence-corrected chi connectivity index (χ0v) is 10.7. The molecule has 4 heteroatoms. The van der Waals surface area contributed by atoms with Crippen LogP contribution in [0, 0.1) is 0 Å². The summed E-state index contributed by atoms with van der Waals surface area (Å²) in [5, 5.41) is 9.35. The molecule has 17 heavy (non-hydrogen) atoms. The summed E-state index contributed by atoms with van der Waals surface area (Å²) in [4.78, 5) is 6.58. The standard InChI is InChI=1S/C13H20N2O2/c1-10-7-15(9-13(2,3)17-10)12-11(8-16)5-4-6-14-12/h4-6,10,16H,7-9H2,1-3H3. The Kier molecular flexibility index (Phi) is 3.35. The molecule has 2 rings (SSSR count). The summed E-state index contributed by atoms with van der Waals surface area (Å²) in [6.45, 7) is 7.86. The quantitative estimate of drug-likeness (QED) is 0.846. The molecule has 0 radical (unpaired) electrons. The lowest BCUT2D eigenvalue weighted by molar-refractivity contribution is -0.0752. The first-order chi connectivity index (χ1) is 8.02. The first kappa shape index (κ1) is 12.3. The normalized spacial score (nSPS) is 23.8. The summed E-state index contributed by atoms with van der Waals surface area (Å²) in [5.41, 5.74) is 0.694. The predicted molar refractivity (Wildman–Crippen MR) is 67.0 cm³/mol. The molecule has 0 amide bonds. The first-order valence-electron chi connectivity index (χ1n) is 5.99. The van der Waals surface area contributed by atoms with E-state index in [1.165, 1.54) is 0 Å². The molecule has 2 heterocycles. The van der Waals surface area contributed by atoms with Gasteiger partial charge in [-0.25, -0.2) is 4.98 Å². The Bertz CT molecular complexity index is 393. The van der Waals surface area contributed by atoms with E-state index in [1.807, 2.05) is 12.1 Å². The number of rotatable bonds is 2. The molecule has 1 aliphatic rings. The maximum Gasteiger partial charge on any atom is 0.134 e. The highest BCUT2D eigenvalue weighted by Gasteiger charge is 2.32. The van der Waals surface area contributed by atoms with Gasteiger partial charge >= 0.3 is 0 Å². The van der Waals surface area contributed by atoms with Crippen LogP contribution in [0.2, 0.25) is 0 Å². The van der Waals surface area contributed by atoms with E-state index in [4.69, 9.17) is 4.74 Å². The van der Waals surface area contributed by atoms with Gasteiger partial charge in [-0.15, -0.1) is 0 Å². The summed E-state index contributed by atoms with van der Waals surface area (Å²) in [7, 11) is 0. The van der Waals surface area contributed by atoms with Crippen LogP contribution in [0.4, 0.5) is 5.82 Å². The van der Waals surface area contributed by atoms with Crippen LogP contribution >= 0.6 is 0 Å². The van der Waals surface area contributed by atoms with Crippen LogP contribution in [0.3, 0.4) is 0 Å². The smallest absolute Gasteiger partial charge is 0.134 e. The van der Waals surface area contributed by atoms with E-state index >= 15 is 0 Å². The molecule has 0 spiro atoms. The minimum atomic E-state index is -0.179. The summed E-state index contributed by atoms with van der Waals surface area (Å²) in [5.74, 6) is 0.873. The minimum absolute atomic E-state index is 0.0232. The van der Waals surface area contributed by atoms with Crippen molar-refractivity contribution in [1.29, 1.82) is 0 Å². The number of ether oxygens (including phenoxy) is 1. The first-order valence-corrected chi connectivity index (χ1v) is 5.99. The Morgan fingerprint density at radius 3 is 3.00 bits per heavy atom. The lowest BCUT2D eigenvalue weighted by Gasteiger charge is -2.42. The van der Waals surface area contributed by atoms with Crippen molar-refractivity contribution in [1.82, 2.24) is 4.98 Å². The average molecular weight is 236 g/mol. The molecule has 0 saturated carbocycles. The third kappa shape index (κ3) is 2.76. The monoisotopic (exact) mass is 236 g/mol. The average Bonchev–Trinajstić information content (AvgIpc) is 2.26. The molecule has 0 aliphatic carbocycles. The summed E-state index contributed by atoms with van der Waals surface area (Å²) in [6, 6.07) is 3.76.